The second-order valence-electron chi connectivity index (χ2n) is 4.18. The summed E-state index contributed by atoms with van der Waals surface area (Å²) in [5, 5.41) is 0. The fourth-order valence-electron chi connectivity index (χ4n) is 2.18. The molecule has 0 bridgehead atoms. The van der Waals surface area contributed by atoms with Crippen LogP contribution in [-0.2, 0) is 11.8 Å². The first-order valence-corrected chi connectivity index (χ1v) is 5.27. The molecule has 0 amide bonds. The molecule has 1 aliphatic rings. The Kier molecular flexibility index (Phi) is 3.04. The van der Waals surface area contributed by atoms with Crippen molar-refractivity contribution < 1.29 is 4.74 Å². The van der Waals surface area contributed by atoms with Gasteiger partial charge in [-0.3, -0.25) is 5.84 Å². The number of hydrogen-bond donors (Lipinski definition) is 2. The number of nitrogens with one attached hydrogen (secondary N) is 1. The summed E-state index contributed by atoms with van der Waals surface area (Å²) in [7, 11) is 1.98. The lowest BCUT2D eigenvalue weighted by atomic mass is 9.97. The predicted octanol–water partition coefficient (Wildman–Crippen LogP) is 0.349. The van der Waals surface area contributed by atoms with E-state index in [1.165, 1.54) is 0 Å². The molecule has 5 nitrogen and oxygen atoms in total. The van der Waals surface area contributed by atoms with Gasteiger partial charge in [0.25, 0.3) is 0 Å². The second-order valence-corrected chi connectivity index (χ2v) is 4.18. The fourth-order valence-corrected chi connectivity index (χ4v) is 2.18. The molecule has 5 heteroatoms. The molecule has 1 aromatic rings. The molecule has 15 heavy (non-hydrogen) atoms. The maximum Gasteiger partial charge on any atom is 0.127 e. The highest BCUT2D eigenvalue weighted by atomic mass is 16.5. The monoisotopic (exact) mass is 210 g/mol. The summed E-state index contributed by atoms with van der Waals surface area (Å²) in [5.74, 6) is 6.98. The molecular formula is C10H18N4O. The van der Waals surface area contributed by atoms with E-state index in [2.05, 4.69) is 17.3 Å². The van der Waals surface area contributed by atoms with Crippen molar-refractivity contribution in [3.8, 4) is 0 Å². The predicted molar refractivity (Wildman–Crippen MR) is 56.8 cm³/mol. The topological polar surface area (TPSA) is 65.1 Å². The minimum Gasteiger partial charge on any atom is -0.378 e. The summed E-state index contributed by atoms with van der Waals surface area (Å²) in [6.45, 7) is 2.84. The number of aryl methyl sites for hydroxylation is 1. The van der Waals surface area contributed by atoms with Gasteiger partial charge in [0.15, 0.2) is 0 Å². The van der Waals surface area contributed by atoms with Crippen LogP contribution in [0.25, 0.3) is 0 Å². The third kappa shape index (κ3) is 2.04. The zero-order valence-corrected chi connectivity index (χ0v) is 9.18. The van der Waals surface area contributed by atoms with E-state index in [9.17, 15) is 0 Å². The van der Waals surface area contributed by atoms with Gasteiger partial charge in [0.05, 0.1) is 18.8 Å². The van der Waals surface area contributed by atoms with Gasteiger partial charge in [0.1, 0.15) is 5.82 Å². The fraction of sp³-hybridized carbons (Fsp3) is 0.700. The van der Waals surface area contributed by atoms with Gasteiger partial charge < -0.3 is 9.30 Å². The van der Waals surface area contributed by atoms with Gasteiger partial charge in [-0.2, -0.15) is 0 Å². The average molecular weight is 210 g/mol. The van der Waals surface area contributed by atoms with Gasteiger partial charge in [0.2, 0.25) is 0 Å². The van der Waals surface area contributed by atoms with Crippen LogP contribution in [0.4, 0.5) is 0 Å². The van der Waals surface area contributed by atoms with E-state index in [1.807, 2.05) is 17.8 Å². The third-order valence-corrected chi connectivity index (χ3v) is 3.02. The zero-order valence-electron chi connectivity index (χ0n) is 9.18. The van der Waals surface area contributed by atoms with Crippen molar-refractivity contribution >= 4 is 0 Å². The quantitative estimate of drug-likeness (QED) is 0.558. The van der Waals surface area contributed by atoms with Crippen LogP contribution in [0.5, 0.6) is 0 Å². The van der Waals surface area contributed by atoms with Crippen molar-refractivity contribution in [1.29, 1.82) is 0 Å². The van der Waals surface area contributed by atoms with Crippen molar-refractivity contribution in [1.82, 2.24) is 15.0 Å². The lowest BCUT2D eigenvalue weighted by Crippen LogP contribution is -2.35. The van der Waals surface area contributed by atoms with Crippen LogP contribution in [0.3, 0.4) is 0 Å². The Morgan fingerprint density at radius 1 is 1.73 bits per heavy atom. The van der Waals surface area contributed by atoms with Crippen molar-refractivity contribution in [3.63, 3.8) is 0 Å². The molecule has 3 atom stereocenters. The summed E-state index contributed by atoms with van der Waals surface area (Å²) in [6, 6.07) is 0.0787. The van der Waals surface area contributed by atoms with Crippen molar-refractivity contribution in [2.24, 2.45) is 18.8 Å². The number of ether oxygens (including phenoxy) is 1. The van der Waals surface area contributed by atoms with Crippen LogP contribution >= 0.6 is 0 Å². The Bertz CT molecular complexity index is 325. The molecule has 1 saturated heterocycles. The van der Waals surface area contributed by atoms with E-state index in [0.29, 0.717) is 12.0 Å². The van der Waals surface area contributed by atoms with E-state index in [1.54, 1.807) is 6.20 Å². The van der Waals surface area contributed by atoms with Crippen LogP contribution in [0, 0.1) is 5.92 Å². The Labute approximate surface area is 89.6 Å². The molecule has 0 aromatic carbocycles. The lowest BCUT2D eigenvalue weighted by molar-refractivity contribution is 0.116. The third-order valence-electron chi connectivity index (χ3n) is 3.02. The molecule has 3 unspecified atom stereocenters. The number of hydrazine groups is 1. The summed E-state index contributed by atoms with van der Waals surface area (Å²) in [6.07, 6.45) is 5.07. The highest BCUT2D eigenvalue weighted by Crippen LogP contribution is 2.30. The van der Waals surface area contributed by atoms with Crippen LogP contribution in [0.2, 0.25) is 0 Å². The summed E-state index contributed by atoms with van der Waals surface area (Å²) in [4.78, 5) is 4.32. The van der Waals surface area contributed by atoms with Crippen molar-refractivity contribution in [3.05, 3.63) is 18.2 Å². The lowest BCUT2D eigenvalue weighted by Gasteiger charge is -2.20. The van der Waals surface area contributed by atoms with E-state index in [-0.39, 0.29) is 6.04 Å². The highest BCUT2D eigenvalue weighted by Gasteiger charge is 2.31. The first-order valence-electron chi connectivity index (χ1n) is 5.27. The molecule has 0 aliphatic carbocycles. The molecule has 2 rings (SSSR count). The maximum absolute atomic E-state index is 5.60. The van der Waals surface area contributed by atoms with Gasteiger partial charge in [-0.05, 0) is 13.3 Å². The molecule has 1 aromatic heterocycles. The molecule has 1 aliphatic heterocycles. The van der Waals surface area contributed by atoms with E-state index >= 15 is 0 Å². The van der Waals surface area contributed by atoms with Crippen LogP contribution in [0.1, 0.15) is 25.2 Å². The number of aromatic nitrogens is 2. The summed E-state index contributed by atoms with van der Waals surface area (Å²) < 4.78 is 7.55. The molecular weight excluding hydrogens is 192 g/mol. The average Bonchev–Trinajstić information content (AvgIpc) is 2.79. The van der Waals surface area contributed by atoms with Gasteiger partial charge in [-0.25, -0.2) is 10.4 Å². The molecule has 2 heterocycles. The highest BCUT2D eigenvalue weighted by molar-refractivity contribution is 5.01. The van der Waals surface area contributed by atoms with Gasteiger partial charge in [0, 0.05) is 25.4 Å². The van der Waals surface area contributed by atoms with Crippen LogP contribution in [-0.4, -0.2) is 22.3 Å². The minimum absolute atomic E-state index is 0.0787. The number of hydrogen-bond acceptors (Lipinski definition) is 4. The molecule has 0 radical (unpaired) electrons. The number of imidazole rings is 1. The van der Waals surface area contributed by atoms with E-state index < -0.39 is 0 Å². The Balaban J connectivity index is 2.14. The first-order chi connectivity index (χ1) is 7.22. The van der Waals surface area contributed by atoms with Gasteiger partial charge in [-0.1, -0.05) is 0 Å². The minimum atomic E-state index is 0.0787. The zero-order chi connectivity index (χ0) is 10.8. The van der Waals surface area contributed by atoms with Gasteiger partial charge >= 0.3 is 0 Å². The van der Waals surface area contributed by atoms with Crippen LogP contribution in [0.15, 0.2) is 12.4 Å². The number of nitrogens with two attached hydrogens (primary N) is 1. The standard InChI is InChI=1S/C10H18N4O/c1-7-5-8(6-15-7)9(13-11)10-12-3-4-14(10)2/h3-4,7-9,13H,5-6,11H2,1-2H3. The second kappa shape index (κ2) is 4.30. The summed E-state index contributed by atoms with van der Waals surface area (Å²) in [5.41, 5.74) is 2.84. The van der Waals surface area contributed by atoms with Crippen LogP contribution < -0.4 is 11.3 Å². The largest absolute Gasteiger partial charge is 0.378 e. The SMILES string of the molecule is CC1CC(C(NN)c2nccn2C)CO1. The van der Waals surface area contributed by atoms with Gasteiger partial charge in [-0.15, -0.1) is 0 Å². The Morgan fingerprint density at radius 3 is 3.00 bits per heavy atom. The Hall–Kier alpha value is -0.910. The number of nitrogens with zero attached hydrogens (tertiary/aromatic N) is 2. The Morgan fingerprint density at radius 2 is 2.53 bits per heavy atom. The molecule has 84 valence electrons. The molecule has 0 spiro atoms. The van der Waals surface area contributed by atoms with Crippen molar-refractivity contribution in [2.45, 2.75) is 25.5 Å². The molecule has 0 saturated carbocycles. The first kappa shape index (κ1) is 10.6. The summed E-state index contributed by atoms with van der Waals surface area (Å²) >= 11 is 0. The molecule has 1 fully saturated rings. The maximum atomic E-state index is 5.60. The van der Waals surface area contributed by atoms with Crippen molar-refractivity contribution in [2.75, 3.05) is 6.61 Å². The molecule has 3 N–H and O–H groups in total. The number of rotatable bonds is 3. The van der Waals surface area contributed by atoms with E-state index in [4.69, 9.17) is 10.6 Å². The normalized spacial score (nSPS) is 28.2. The smallest absolute Gasteiger partial charge is 0.127 e. The van der Waals surface area contributed by atoms with E-state index in [0.717, 1.165) is 18.9 Å².